The second kappa shape index (κ2) is 3.85. The van der Waals surface area contributed by atoms with Gasteiger partial charge >= 0.3 is 0 Å². The van der Waals surface area contributed by atoms with Gasteiger partial charge in [-0.25, -0.2) is 4.98 Å². The minimum atomic E-state index is 0.0114. The Morgan fingerprint density at radius 1 is 1.53 bits per heavy atom. The van der Waals surface area contributed by atoms with Crippen molar-refractivity contribution in [2.45, 2.75) is 44.8 Å². The minimum Gasteiger partial charge on any atom is -0.370 e. The molecule has 0 bridgehead atoms. The van der Waals surface area contributed by atoms with Gasteiger partial charge in [0.05, 0.1) is 10.7 Å². The third kappa shape index (κ3) is 2.22. The molecule has 0 radical (unpaired) electrons. The Labute approximate surface area is 94.7 Å². The first-order valence-corrected chi connectivity index (χ1v) is 6.19. The first kappa shape index (κ1) is 11.0. The van der Waals surface area contributed by atoms with Crippen LogP contribution >= 0.6 is 11.3 Å². The van der Waals surface area contributed by atoms with Crippen molar-refractivity contribution < 1.29 is 4.74 Å². The standard InChI is InChI=1S/C11H18N2OS/c1-11(2,3)10-13-8(6-15-10)9-7(12)4-5-14-9/h6-7,9H,4-5,12H2,1-3H3. The molecule has 84 valence electrons. The van der Waals surface area contributed by atoms with E-state index in [2.05, 4.69) is 31.1 Å². The van der Waals surface area contributed by atoms with E-state index in [9.17, 15) is 0 Å². The molecule has 2 rings (SSSR count). The van der Waals surface area contributed by atoms with Gasteiger partial charge in [0, 0.05) is 23.4 Å². The fraction of sp³-hybridized carbons (Fsp3) is 0.727. The third-order valence-corrected chi connectivity index (χ3v) is 3.88. The van der Waals surface area contributed by atoms with E-state index in [1.54, 1.807) is 11.3 Å². The van der Waals surface area contributed by atoms with Crippen LogP contribution in [-0.4, -0.2) is 17.6 Å². The summed E-state index contributed by atoms with van der Waals surface area (Å²) >= 11 is 1.70. The molecule has 2 atom stereocenters. The van der Waals surface area contributed by atoms with Crippen LogP contribution in [0.3, 0.4) is 0 Å². The predicted molar refractivity (Wildman–Crippen MR) is 62.1 cm³/mol. The lowest BCUT2D eigenvalue weighted by Gasteiger charge is -2.15. The molecule has 1 aliphatic rings. The normalized spacial score (nSPS) is 27.2. The summed E-state index contributed by atoms with van der Waals surface area (Å²) in [4.78, 5) is 4.63. The highest BCUT2D eigenvalue weighted by atomic mass is 32.1. The zero-order valence-corrected chi connectivity index (χ0v) is 10.3. The van der Waals surface area contributed by atoms with Crippen molar-refractivity contribution in [1.29, 1.82) is 0 Å². The Morgan fingerprint density at radius 2 is 2.27 bits per heavy atom. The van der Waals surface area contributed by atoms with Crippen molar-refractivity contribution in [2.75, 3.05) is 6.61 Å². The van der Waals surface area contributed by atoms with Crippen molar-refractivity contribution in [3.63, 3.8) is 0 Å². The Kier molecular flexibility index (Phi) is 2.83. The molecule has 0 aliphatic carbocycles. The second-order valence-electron chi connectivity index (χ2n) is 5.07. The number of rotatable bonds is 1. The van der Waals surface area contributed by atoms with Crippen molar-refractivity contribution in [3.05, 3.63) is 16.1 Å². The molecule has 15 heavy (non-hydrogen) atoms. The zero-order chi connectivity index (χ0) is 11.1. The molecule has 0 spiro atoms. The van der Waals surface area contributed by atoms with Gasteiger partial charge in [-0.15, -0.1) is 11.3 Å². The number of hydrogen-bond donors (Lipinski definition) is 1. The van der Waals surface area contributed by atoms with Crippen LogP contribution in [0.25, 0.3) is 0 Å². The number of hydrogen-bond acceptors (Lipinski definition) is 4. The Bertz CT molecular complexity index is 343. The molecule has 1 aliphatic heterocycles. The van der Waals surface area contributed by atoms with Crippen LogP contribution in [0.2, 0.25) is 0 Å². The van der Waals surface area contributed by atoms with E-state index in [4.69, 9.17) is 10.5 Å². The molecule has 4 heteroatoms. The third-order valence-electron chi connectivity index (χ3n) is 2.59. The summed E-state index contributed by atoms with van der Waals surface area (Å²) in [6.07, 6.45) is 0.949. The summed E-state index contributed by atoms with van der Waals surface area (Å²) in [7, 11) is 0. The molecule has 1 saturated heterocycles. The Hall–Kier alpha value is -0.450. The summed E-state index contributed by atoms with van der Waals surface area (Å²) in [6.45, 7) is 7.27. The van der Waals surface area contributed by atoms with Crippen LogP contribution in [0, 0.1) is 0 Å². The summed E-state index contributed by atoms with van der Waals surface area (Å²) in [5.74, 6) is 0. The molecular weight excluding hydrogens is 208 g/mol. The van der Waals surface area contributed by atoms with E-state index in [0.717, 1.165) is 23.7 Å². The molecular formula is C11H18N2OS. The van der Waals surface area contributed by atoms with E-state index in [0.29, 0.717) is 0 Å². The van der Waals surface area contributed by atoms with Gasteiger partial charge in [0.15, 0.2) is 0 Å². The van der Waals surface area contributed by atoms with E-state index in [1.807, 2.05) is 0 Å². The van der Waals surface area contributed by atoms with Gasteiger partial charge in [0.25, 0.3) is 0 Å². The molecule has 1 aromatic heterocycles. The van der Waals surface area contributed by atoms with Gasteiger partial charge in [0.2, 0.25) is 0 Å². The van der Waals surface area contributed by atoms with Gasteiger partial charge < -0.3 is 10.5 Å². The van der Waals surface area contributed by atoms with Gasteiger partial charge in [0.1, 0.15) is 6.10 Å². The lowest BCUT2D eigenvalue weighted by atomic mass is 9.98. The fourth-order valence-corrected chi connectivity index (χ4v) is 2.60. The van der Waals surface area contributed by atoms with Crippen LogP contribution in [0.5, 0.6) is 0 Å². The monoisotopic (exact) mass is 226 g/mol. The van der Waals surface area contributed by atoms with Crippen molar-refractivity contribution >= 4 is 11.3 Å². The van der Waals surface area contributed by atoms with E-state index in [-0.39, 0.29) is 17.6 Å². The van der Waals surface area contributed by atoms with Gasteiger partial charge in [-0.2, -0.15) is 0 Å². The first-order chi connectivity index (χ1) is 6.98. The Morgan fingerprint density at radius 3 is 2.73 bits per heavy atom. The number of ether oxygens (including phenoxy) is 1. The van der Waals surface area contributed by atoms with Crippen LogP contribution in [0.15, 0.2) is 5.38 Å². The highest BCUT2D eigenvalue weighted by Crippen LogP contribution is 2.32. The largest absolute Gasteiger partial charge is 0.370 e. The number of thiazole rings is 1. The van der Waals surface area contributed by atoms with Crippen molar-refractivity contribution in [1.82, 2.24) is 4.98 Å². The van der Waals surface area contributed by atoms with Crippen LogP contribution in [0.4, 0.5) is 0 Å². The molecule has 0 saturated carbocycles. The lowest BCUT2D eigenvalue weighted by molar-refractivity contribution is 0.102. The SMILES string of the molecule is CC(C)(C)c1nc(C2OCCC2N)cs1. The van der Waals surface area contributed by atoms with E-state index >= 15 is 0 Å². The smallest absolute Gasteiger partial charge is 0.115 e. The quantitative estimate of drug-likeness (QED) is 0.799. The maximum atomic E-state index is 5.97. The topological polar surface area (TPSA) is 48.1 Å². The van der Waals surface area contributed by atoms with Crippen LogP contribution < -0.4 is 5.73 Å². The van der Waals surface area contributed by atoms with Crippen LogP contribution in [-0.2, 0) is 10.2 Å². The lowest BCUT2D eigenvalue weighted by Crippen LogP contribution is -2.24. The molecule has 1 fully saturated rings. The number of nitrogens with zero attached hydrogens (tertiary/aromatic N) is 1. The highest BCUT2D eigenvalue weighted by Gasteiger charge is 2.29. The Balaban J connectivity index is 2.20. The van der Waals surface area contributed by atoms with Crippen molar-refractivity contribution in [2.24, 2.45) is 5.73 Å². The van der Waals surface area contributed by atoms with E-state index in [1.165, 1.54) is 0 Å². The summed E-state index contributed by atoms with van der Waals surface area (Å²) in [5.41, 5.74) is 7.09. The maximum Gasteiger partial charge on any atom is 0.115 e. The zero-order valence-electron chi connectivity index (χ0n) is 9.49. The maximum absolute atomic E-state index is 5.97. The molecule has 2 N–H and O–H groups in total. The average Bonchev–Trinajstić information content (AvgIpc) is 2.69. The summed E-state index contributed by atoms with van der Waals surface area (Å²) < 4.78 is 5.60. The van der Waals surface area contributed by atoms with Crippen molar-refractivity contribution in [3.8, 4) is 0 Å². The number of aromatic nitrogens is 1. The molecule has 0 amide bonds. The van der Waals surface area contributed by atoms with E-state index < -0.39 is 0 Å². The first-order valence-electron chi connectivity index (χ1n) is 5.31. The highest BCUT2D eigenvalue weighted by molar-refractivity contribution is 7.09. The molecule has 0 aromatic carbocycles. The molecule has 2 heterocycles. The minimum absolute atomic E-state index is 0.0114. The average molecular weight is 226 g/mol. The fourth-order valence-electron chi connectivity index (χ4n) is 1.67. The summed E-state index contributed by atoms with van der Waals surface area (Å²) in [6, 6.07) is 0.111. The summed E-state index contributed by atoms with van der Waals surface area (Å²) in [5, 5.41) is 3.23. The number of nitrogens with two attached hydrogens (primary N) is 1. The molecule has 1 aromatic rings. The van der Waals surface area contributed by atoms with Gasteiger partial charge in [-0.3, -0.25) is 0 Å². The van der Waals surface area contributed by atoms with Gasteiger partial charge in [-0.05, 0) is 6.42 Å². The van der Waals surface area contributed by atoms with Crippen LogP contribution in [0.1, 0.15) is 44.0 Å². The molecule has 3 nitrogen and oxygen atoms in total. The molecule has 2 unspecified atom stereocenters. The second-order valence-corrected chi connectivity index (χ2v) is 5.93. The predicted octanol–water partition coefficient (Wildman–Crippen LogP) is 2.23. The van der Waals surface area contributed by atoms with Gasteiger partial charge in [-0.1, -0.05) is 20.8 Å².